The van der Waals surface area contributed by atoms with Crippen molar-refractivity contribution in [2.75, 3.05) is 5.32 Å². The maximum atomic E-state index is 13.2. The molecule has 7 heteroatoms. The Morgan fingerprint density at radius 1 is 1.35 bits per heavy atom. The molecule has 0 unspecified atom stereocenters. The third-order valence-corrected chi connectivity index (χ3v) is 2.08. The van der Waals surface area contributed by atoms with Crippen LogP contribution in [0, 0.1) is 5.82 Å². The molecule has 0 fully saturated rings. The maximum absolute atomic E-state index is 13.2. The van der Waals surface area contributed by atoms with Crippen LogP contribution in [0.25, 0.3) is 0 Å². The Kier molecular flexibility index (Phi) is 4.34. The minimum atomic E-state index is -4.41. The molecule has 1 amide bonds. The average molecular weight is 270 g/mol. The van der Waals surface area contributed by atoms with Gasteiger partial charge in [-0.1, -0.05) is 11.6 Å². The van der Waals surface area contributed by atoms with E-state index in [1.165, 1.54) is 12.1 Å². The fraction of sp³-hybridized carbons (Fsp3) is 0.300. The van der Waals surface area contributed by atoms with Crippen LogP contribution in [0.2, 0.25) is 5.02 Å². The first-order valence-corrected chi connectivity index (χ1v) is 4.97. The number of benzene rings is 1. The number of amides is 1. The molecule has 0 aromatic heterocycles. The number of carbonyl (C=O) groups is 1. The smallest absolute Gasteiger partial charge is 0.324 e. The van der Waals surface area contributed by atoms with Gasteiger partial charge in [0.15, 0.2) is 0 Å². The number of anilines is 1. The second kappa shape index (κ2) is 5.35. The topological polar surface area (TPSA) is 29.1 Å². The normalized spacial score (nSPS) is 11.4. The van der Waals surface area contributed by atoms with Gasteiger partial charge in [0, 0.05) is 11.4 Å². The van der Waals surface area contributed by atoms with Crippen molar-refractivity contribution >= 4 is 23.2 Å². The van der Waals surface area contributed by atoms with Gasteiger partial charge in [-0.05, 0) is 18.2 Å². The Balaban J connectivity index is 2.57. The molecule has 0 saturated carbocycles. The van der Waals surface area contributed by atoms with Crippen molar-refractivity contribution in [2.45, 2.75) is 19.0 Å². The van der Waals surface area contributed by atoms with Crippen molar-refractivity contribution in [1.29, 1.82) is 0 Å². The number of rotatable bonds is 3. The first kappa shape index (κ1) is 13.8. The van der Waals surface area contributed by atoms with Gasteiger partial charge in [0.2, 0.25) is 5.91 Å². The molecule has 0 aliphatic carbocycles. The fourth-order valence-corrected chi connectivity index (χ4v) is 1.22. The molecule has 0 radical (unpaired) electrons. The fourth-order valence-electron chi connectivity index (χ4n) is 1.06. The number of nitrogens with one attached hydrogen (secondary N) is 1. The minimum Gasteiger partial charge on any atom is -0.324 e. The Labute approximate surface area is 99.6 Å². The van der Waals surface area contributed by atoms with Gasteiger partial charge in [0.1, 0.15) is 5.82 Å². The minimum absolute atomic E-state index is 0.135. The lowest BCUT2D eigenvalue weighted by Crippen LogP contribution is -2.17. The Morgan fingerprint density at radius 3 is 2.53 bits per heavy atom. The first-order chi connectivity index (χ1) is 7.78. The highest BCUT2D eigenvalue weighted by molar-refractivity contribution is 6.30. The van der Waals surface area contributed by atoms with Crippen molar-refractivity contribution in [2.24, 2.45) is 0 Å². The van der Waals surface area contributed by atoms with Crippen molar-refractivity contribution in [3.8, 4) is 0 Å². The van der Waals surface area contributed by atoms with Crippen LogP contribution in [0.4, 0.5) is 23.2 Å². The van der Waals surface area contributed by atoms with Gasteiger partial charge in [-0.3, -0.25) is 4.79 Å². The van der Waals surface area contributed by atoms with E-state index in [0.717, 1.165) is 6.07 Å². The van der Waals surface area contributed by atoms with Gasteiger partial charge in [-0.25, -0.2) is 4.39 Å². The molecule has 17 heavy (non-hydrogen) atoms. The highest BCUT2D eigenvalue weighted by Crippen LogP contribution is 2.23. The van der Waals surface area contributed by atoms with Gasteiger partial charge in [0.05, 0.1) is 12.1 Å². The lowest BCUT2D eigenvalue weighted by atomic mass is 10.2. The molecule has 94 valence electrons. The molecule has 0 aliphatic rings. The van der Waals surface area contributed by atoms with Crippen LogP contribution < -0.4 is 5.32 Å². The summed E-state index contributed by atoms with van der Waals surface area (Å²) in [5, 5.41) is 2.17. The second-order valence-corrected chi connectivity index (χ2v) is 3.72. The molecule has 0 spiro atoms. The van der Waals surface area contributed by atoms with E-state index < -0.39 is 30.7 Å². The third kappa shape index (κ3) is 5.04. The van der Waals surface area contributed by atoms with Gasteiger partial charge in [-0.2, -0.15) is 13.2 Å². The molecule has 0 atom stereocenters. The predicted molar refractivity (Wildman–Crippen MR) is 55.3 cm³/mol. The number of hydrogen-bond acceptors (Lipinski definition) is 1. The number of halogens is 5. The molecule has 2 nitrogen and oxygen atoms in total. The van der Waals surface area contributed by atoms with E-state index in [1.54, 1.807) is 0 Å². The highest BCUT2D eigenvalue weighted by Gasteiger charge is 2.27. The van der Waals surface area contributed by atoms with E-state index >= 15 is 0 Å². The van der Waals surface area contributed by atoms with E-state index in [1.807, 2.05) is 5.32 Å². The van der Waals surface area contributed by atoms with E-state index in [0.29, 0.717) is 0 Å². The number of alkyl halides is 3. The molecule has 1 aromatic rings. The van der Waals surface area contributed by atoms with E-state index in [2.05, 4.69) is 0 Å². The molecule has 0 aliphatic heterocycles. The van der Waals surface area contributed by atoms with Crippen molar-refractivity contribution in [1.82, 2.24) is 0 Å². The maximum Gasteiger partial charge on any atom is 0.389 e. The quantitative estimate of drug-likeness (QED) is 0.832. The molecule has 0 heterocycles. The summed E-state index contributed by atoms with van der Waals surface area (Å²) in [5.41, 5.74) is -0.193. The summed E-state index contributed by atoms with van der Waals surface area (Å²) < 4.78 is 48.6. The summed E-state index contributed by atoms with van der Waals surface area (Å²) in [5.74, 6) is -1.69. The Bertz CT molecular complexity index is 419. The number of carbonyl (C=O) groups excluding carboxylic acids is 1. The largest absolute Gasteiger partial charge is 0.389 e. The molecule has 0 saturated heterocycles. The standard InChI is InChI=1S/C10H8ClF4NO/c11-6-1-2-8(7(12)5-6)16-9(17)3-4-10(13,14)15/h1-2,5H,3-4H2,(H,16,17). The van der Waals surface area contributed by atoms with Gasteiger partial charge >= 0.3 is 6.18 Å². The zero-order valence-electron chi connectivity index (χ0n) is 8.44. The monoisotopic (exact) mass is 269 g/mol. The Morgan fingerprint density at radius 2 is 2.00 bits per heavy atom. The summed E-state index contributed by atoms with van der Waals surface area (Å²) in [6.45, 7) is 0. The Hall–Kier alpha value is -1.30. The summed E-state index contributed by atoms with van der Waals surface area (Å²) in [6.07, 6.45) is -6.39. The first-order valence-electron chi connectivity index (χ1n) is 4.59. The summed E-state index contributed by atoms with van der Waals surface area (Å²) >= 11 is 5.47. The third-order valence-electron chi connectivity index (χ3n) is 1.84. The van der Waals surface area contributed by atoms with Gasteiger partial charge < -0.3 is 5.32 Å². The van der Waals surface area contributed by atoms with E-state index in [4.69, 9.17) is 11.6 Å². The predicted octanol–water partition coefficient (Wildman–Crippen LogP) is 3.76. The van der Waals surface area contributed by atoms with E-state index in [-0.39, 0.29) is 10.7 Å². The molecular weight excluding hydrogens is 262 g/mol. The molecule has 0 bridgehead atoms. The second-order valence-electron chi connectivity index (χ2n) is 3.29. The van der Waals surface area contributed by atoms with Crippen LogP contribution in [0.3, 0.4) is 0 Å². The molecule has 1 N–H and O–H groups in total. The van der Waals surface area contributed by atoms with Crippen LogP contribution in [0.1, 0.15) is 12.8 Å². The van der Waals surface area contributed by atoms with Gasteiger partial charge in [-0.15, -0.1) is 0 Å². The zero-order chi connectivity index (χ0) is 13.1. The van der Waals surface area contributed by atoms with E-state index in [9.17, 15) is 22.4 Å². The number of hydrogen-bond donors (Lipinski definition) is 1. The molecule has 1 rings (SSSR count). The molecular formula is C10H8ClF4NO. The van der Waals surface area contributed by atoms with Crippen molar-refractivity contribution in [3.05, 3.63) is 29.0 Å². The SMILES string of the molecule is O=C(CCC(F)(F)F)Nc1ccc(Cl)cc1F. The zero-order valence-corrected chi connectivity index (χ0v) is 9.20. The lowest BCUT2D eigenvalue weighted by Gasteiger charge is -2.08. The van der Waals surface area contributed by atoms with Crippen molar-refractivity contribution in [3.63, 3.8) is 0 Å². The summed E-state index contributed by atoms with van der Waals surface area (Å²) in [7, 11) is 0. The van der Waals surface area contributed by atoms with Crippen LogP contribution in [0.15, 0.2) is 18.2 Å². The van der Waals surface area contributed by atoms with Crippen LogP contribution in [0.5, 0.6) is 0 Å². The average Bonchev–Trinajstić information content (AvgIpc) is 2.18. The van der Waals surface area contributed by atoms with Crippen LogP contribution >= 0.6 is 11.6 Å². The summed E-state index contributed by atoms with van der Waals surface area (Å²) in [4.78, 5) is 11.1. The van der Waals surface area contributed by atoms with Crippen LogP contribution in [-0.4, -0.2) is 12.1 Å². The van der Waals surface area contributed by atoms with Crippen LogP contribution in [-0.2, 0) is 4.79 Å². The van der Waals surface area contributed by atoms with Crippen molar-refractivity contribution < 1.29 is 22.4 Å². The summed E-state index contributed by atoms with van der Waals surface area (Å²) in [6, 6.07) is 3.47. The highest BCUT2D eigenvalue weighted by atomic mass is 35.5. The van der Waals surface area contributed by atoms with Gasteiger partial charge in [0.25, 0.3) is 0 Å². The molecule has 1 aromatic carbocycles. The lowest BCUT2D eigenvalue weighted by molar-refractivity contribution is -0.142.